The second-order valence-electron chi connectivity index (χ2n) is 4.14. The molecule has 0 bridgehead atoms. The van der Waals surface area contributed by atoms with E-state index in [1.807, 2.05) is 0 Å². The van der Waals surface area contributed by atoms with Gasteiger partial charge in [-0.1, -0.05) is 6.07 Å². The van der Waals surface area contributed by atoms with Crippen molar-refractivity contribution in [1.82, 2.24) is 14.6 Å². The minimum absolute atomic E-state index is 0.00378. The second-order valence-corrected chi connectivity index (χ2v) is 4.14. The van der Waals surface area contributed by atoms with E-state index in [-0.39, 0.29) is 28.9 Å². The summed E-state index contributed by atoms with van der Waals surface area (Å²) in [4.78, 5) is 26.5. The van der Waals surface area contributed by atoms with Gasteiger partial charge in [-0.15, -0.1) is 0 Å². The summed E-state index contributed by atoms with van der Waals surface area (Å²) in [7, 11) is 0. The number of ether oxygens (including phenoxy) is 1. The predicted molar refractivity (Wildman–Crippen MR) is 69.2 cm³/mol. The lowest BCUT2D eigenvalue weighted by molar-refractivity contribution is 0.0519. The molecule has 0 aliphatic rings. The summed E-state index contributed by atoms with van der Waals surface area (Å²) in [6, 6.07) is 5.53. The number of hydrogen-bond donors (Lipinski definition) is 1. The van der Waals surface area contributed by atoms with Crippen LogP contribution < -0.4 is 5.56 Å². The normalized spacial score (nSPS) is 11.1. The summed E-state index contributed by atoms with van der Waals surface area (Å²) in [5.41, 5.74) is -0.185. The lowest BCUT2D eigenvalue weighted by atomic mass is 10.2. The Bertz CT molecular complexity index is 882. The summed E-state index contributed by atoms with van der Waals surface area (Å²) < 4.78 is 19.5. The number of fused-ring (bicyclic) bond motifs is 2. The van der Waals surface area contributed by atoms with Crippen LogP contribution in [0, 0.1) is 5.82 Å². The van der Waals surface area contributed by atoms with Crippen molar-refractivity contribution in [3.63, 3.8) is 0 Å². The average molecular weight is 275 g/mol. The molecule has 0 spiro atoms. The number of aromatic amines is 1. The summed E-state index contributed by atoms with van der Waals surface area (Å²) in [5, 5.41) is 4.05. The van der Waals surface area contributed by atoms with E-state index in [0.29, 0.717) is 0 Å². The van der Waals surface area contributed by atoms with Crippen LogP contribution in [-0.4, -0.2) is 27.2 Å². The van der Waals surface area contributed by atoms with Crippen LogP contribution in [0.2, 0.25) is 0 Å². The molecule has 6 nitrogen and oxygen atoms in total. The van der Waals surface area contributed by atoms with Gasteiger partial charge in [-0.05, 0) is 19.1 Å². The summed E-state index contributed by atoms with van der Waals surface area (Å²) in [5.74, 6) is -1.17. The molecule has 0 saturated heterocycles. The molecule has 0 saturated carbocycles. The number of benzene rings is 1. The smallest absolute Gasteiger partial charge is 0.358 e. The van der Waals surface area contributed by atoms with Crippen LogP contribution in [0.4, 0.5) is 4.39 Å². The van der Waals surface area contributed by atoms with Crippen molar-refractivity contribution >= 4 is 22.5 Å². The first-order chi connectivity index (χ1) is 9.61. The van der Waals surface area contributed by atoms with Crippen molar-refractivity contribution < 1.29 is 13.9 Å². The number of halogens is 1. The number of nitrogens with one attached hydrogen (secondary N) is 1. The molecule has 3 rings (SSSR count). The molecule has 0 aliphatic heterocycles. The van der Waals surface area contributed by atoms with Crippen molar-refractivity contribution in [3.05, 3.63) is 46.1 Å². The highest BCUT2D eigenvalue weighted by Crippen LogP contribution is 2.14. The molecule has 20 heavy (non-hydrogen) atoms. The highest BCUT2D eigenvalue weighted by molar-refractivity contribution is 5.89. The van der Waals surface area contributed by atoms with Crippen LogP contribution >= 0.6 is 0 Å². The highest BCUT2D eigenvalue weighted by Gasteiger charge is 2.15. The number of aromatic nitrogens is 3. The van der Waals surface area contributed by atoms with Crippen molar-refractivity contribution in [2.24, 2.45) is 0 Å². The summed E-state index contributed by atoms with van der Waals surface area (Å²) >= 11 is 0. The molecule has 7 heteroatoms. The molecule has 0 radical (unpaired) electrons. The Hall–Kier alpha value is -2.70. The van der Waals surface area contributed by atoms with Crippen molar-refractivity contribution in [1.29, 1.82) is 0 Å². The average Bonchev–Trinajstić information content (AvgIpc) is 2.85. The van der Waals surface area contributed by atoms with Crippen LogP contribution in [0.15, 0.2) is 29.1 Å². The van der Waals surface area contributed by atoms with E-state index in [9.17, 15) is 14.0 Å². The predicted octanol–water partition coefficient (Wildman–Crippen LogP) is 1.49. The number of carbonyl (C=O) groups excluding carboxylic acids is 1. The van der Waals surface area contributed by atoms with Crippen LogP contribution in [0.25, 0.3) is 16.6 Å². The Balaban J connectivity index is 2.32. The molecule has 0 unspecified atom stereocenters. The third kappa shape index (κ3) is 1.75. The fourth-order valence-corrected chi connectivity index (χ4v) is 2.00. The number of H-pyrrole nitrogens is 1. The van der Waals surface area contributed by atoms with Gasteiger partial charge in [0, 0.05) is 6.07 Å². The number of rotatable bonds is 2. The third-order valence-corrected chi connectivity index (χ3v) is 2.88. The zero-order valence-corrected chi connectivity index (χ0v) is 10.5. The Morgan fingerprint density at radius 2 is 2.30 bits per heavy atom. The van der Waals surface area contributed by atoms with Gasteiger partial charge in [0.15, 0.2) is 5.69 Å². The van der Waals surface area contributed by atoms with E-state index in [1.165, 1.54) is 24.3 Å². The second kappa shape index (κ2) is 4.44. The molecule has 3 aromatic rings. The van der Waals surface area contributed by atoms with Gasteiger partial charge in [-0.25, -0.2) is 9.18 Å². The van der Waals surface area contributed by atoms with Crippen LogP contribution in [0.5, 0.6) is 0 Å². The van der Waals surface area contributed by atoms with E-state index in [1.54, 1.807) is 6.92 Å². The number of para-hydroxylation sites is 1. The van der Waals surface area contributed by atoms with Gasteiger partial charge in [0.25, 0.3) is 5.56 Å². The van der Waals surface area contributed by atoms with Gasteiger partial charge in [-0.3, -0.25) is 4.79 Å². The maximum Gasteiger partial charge on any atom is 0.358 e. The van der Waals surface area contributed by atoms with Gasteiger partial charge in [-0.2, -0.15) is 9.61 Å². The molecule has 0 fully saturated rings. The molecule has 1 aromatic carbocycles. The van der Waals surface area contributed by atoms with Crippen LogP contribution in [0.1, 0.15) is 17.4 Å². The number of carbonyl (C=O) groups is 1. The Morgan fingerprint density at radius 1 is 1.50 bits per heavy atom. The first kappa shape index (κ1) is 12.3. The summed E-state index contributed by atoms with van der Waals surface area (Å²) in [6.45, 7) is 1.87. The number of hydrogen-bond acceptors (Lipinski definition) is 4. The first-order valence-electron chi connectivity index (χ1n) is 5.99. The van der Waals surface area contributed by atoms with Crippen molar-refractivity contribution in [2.75, 3.05) is 6.61 Å². The number of nitrogens with zero attached hydrogens (tertiary/aromatic N) is 2. The highest BCUT2D eigenvalue weighted by atomic mass is 19.1. The molecular weight excluding hydrogens is 265 g/mol. The lowest BCUT2D eigenvalue weighted by Gasteiger charge is -2.00. The largest absolute Gasteiger partial charge is 0.461 e. The first-order valence-corrected chi connectivity index (χ1v) is 5.99. The standard InChI is InChI=1S/C13H10FN3O3/c1-2-20-13(19)9-6-10-15-11-7(4-3-5-8(11)14)12(18)17(10)16-9/h3-6,15H,2H2,1H3. The molecule has 2 heterocycles. The van der Waals surface area contributed by atoms with Crippen LogP contribution in [0.3, 0.4) is 0 Å². The molecule has 0 atom stereocenters. The Morgan fingerprint density at radius 3 is 3.05 bits per heavy atom. The van der Waals surface area contributed by atoms with Gasteiger partial charge in [0.1, 0.15) is 11.5 Å². The SMILES string of the molecule is CCOC(=O)c1cc2[nH]c3c(F)cccc3c(=O)n2n1. The molecule has 0 aliphatic carbocycles. The Labute approximate surface area is 111 Å². The minimum Gasteiger partial charge on any atom is -0.461 e. The molecule has 1 N–H and O–H groups in total. The fourth-order valence-electron chi connectivity index (χ4n) is 2.00. The number of esters is 1. The van der Waals surface area contributed by atoms with Crippen LogP contribution in [-0.2, 0) is 4.74 Å². The lowest BCUT2D eigenvalue weighted by Crippen LogP contribution is -2.16. The minimum atomic E-state index is -0.631. The maximum atomic E-state index is 13.7. The monoisotopic (exact) mass is 275 g/mol. The molecular formula is C13H10FN3O3. The zero-order valence-electron chi connectivity index (χ0n) is 10.5. The molecule has 102 valence electrons. The van der Waals surface area contributed by atoms with E-state index >= 15 is 0 Å². The molecule has 0 amide bonds. The van der Waals surface area contributed by atoms with E-state index < -0.39 is 17.3 Å². The van der Waals surface area contributed by atoms with Crippen molar-refractivity contribution in [2.45, 2.75) is 6.92 Å². The van der Waals surface area contributed by atoms with Gasteiger partial charge < -0.3 is 9.72 Å². The maximum absolute atomic E-state index is 13.7. The van der Waals surface area contributed by atoms with E-state index in [4.69, 9.17) is 4.74 Å². The quantitative estimate of drug-likeness (QED) is 0.719. The Kier molecular flexibility index (Phi) is 2.74. The topological polar surface area (TPSA) is 76.5 Å². The zero-order chi connectivity index (χ0) is 14.3. The van der Waals surface area contributed by atoms with E-state index in [2.05, 4.69) is 10.1 Å². The van der Waals surface area contributed by atoms with Gasteiger partial charge in [0.05, 0.1) is 17.5 Å². The van der Waals surface area contributed by atoms with Gasteiger partial charge >= 0.3 is 5.97 Å². The fraction of sp³-hybridized carbons (Fsp3) is 0.154. The van der Waals surface area contributed by atoms with Crippen molar-refractivity contribution in [3.8, 4) is 0 Å². The third-order valence-electron chi connectivity index (χ3n) is 2.88. The molecule has 2 aromatic heterocycles. The van der Waals surface area contributed by atoms with E-state index in [0.717, 1.165) is 4.52 Å². The summed E-state index contributed by atoms with van der Waals surface area (Å²) in [6.07, 6.45) is 0. The van der Waals surface area contributed by atoms with Gasteiger partial charge in [0.2, 0.25) is 0 Å².